The fraction of sp³-hybridized carbons (Fsp3) is 0.800. The van der Waals surface area contributed by atoms with Crippen LogP contribution in [-0.2, 0) is 8.62 Å². The van der Waals surface area contributed by atoms with Crippen molar-refractivity contribution in [2.75, 3.05) is 0 Å². The van der Waals surface area contributed by atoms with Gasteiger partial charge in [0.15, 0.2) is 16.3 Å². The molecule has 0 aromatic heterocycles. The summed E-state index contributed by atoms with van der Waals surface area (Å²) in [5.41, 5.74) is 0. The summed E-state index contributed by atoms with van der Waals surface area (Å²) in [6, 6.07) is 0. The Morgan fingerprint density at radius 1 is 1.75 bits per heavy atom. The molecule has 3 heteroatoms. The summed E-state index contributed by atoms with van der Waals surface area (Å²) >= 11 is 2.59. The highest BCUT2D eigenvalue weighted by atomic mass is 79.9. The molecule has 0 radical (unpaired) electrons. The average Bonchev–Trinajstić information content (AvgIpc) is 1.65. The number of halogens is 1. The molecule has 0 saturated heterocycles. The van der Waals surface area contributed by atoms with Crippen LogP contribution in [-0.4, -0.2) is 5.97 Å². The molecule has 0 N–H and O–H groups in total. The van der Waals surface area contributed by atoms with Crippen molar-refractivity contribution < 1.29 is 8.62 Å². The Kier molecular flexibility index (Phi) is 3.87. The zero-order chi connectivity index (χ0) is 6.57. The van der Waals surface area contributed by atoms with E-state index in [-0.39, 0.29) is 5.97 Å². The molecule has 0 aliphatic rings. The number of carbonyl (C=O) groups is 1. The van der Waals surface area contributed by atoms with Crippen molar-refractivity contribution in [3.63, 3.8) is 0 Å². The third-order valence-corrected chi connectivity index (χ3v) is 1.02. The maximum absolute atomic E-state index is 10.4. The Bertz CT molecular complexity index is 80.5. The van der Waals surface area contributed by atoms with Gasteiger partial charge in [-0.15, -0.1) is 0 Å². The molecule has 0 bridgehead atoms. The molecule has 0 saturated carbocycles. The molecule has 8 heavy (non-hydrogen) atoms. The number of carbonyl (C=O) groups excluding carboxylic acids is 1. The van der Waals surface area contributed by atoms with Crippen molar-refractivity contribution in [2.45, 2.75) is 20.3 Å². The van der Waals surface area contributed by atoms with Crippen LogP contribution in [0.15, 0.2) is 0 Å². The van der Waals surface area contributed by atoms with Crippen molar-refractivity contribution in [1.29, 1.82) is 0 Å². The number of hydrogen-bond donors (Lipinski definition) is 0. The van der Waals surface area contributed by atoms with Crippen LogP contribution >= 0.6 is 16.3 Å². The van der Waals surface area contributed by atoms with Crippen LogP contribution in [0.3, 0.4) is 0 Å². The van der Waals surface area contributed by atoms with E-state index in [1.165, 1.54) is 0 Å². The SMILES string of the molecule is CC(C)CC(=O)OBr. The monoisotopic (exact) mass is 180 g/mol. The molecule has 0 aliphatic heterocycles. The molecule has 0 spiro atoms. The van der Waals surface area contributed by atoms with Crippen molar-refractivity contribution in [3.05, 3.63) is 0 Å². The molecule has 0 heterocycles. The third kappa shape index (κ3) is 4.12. The lowest BCUT2D eigenvalue weighted by atomic mass is 10.1. The van der Waals surface area contributed by atoms with Crippen LogP contribution in [0.5, 0.6) is 0 Å². The summed E-state index contributed by atoms with van der Waals surface area (Å²) in [7, 11) is 0. The summed E-state index contributed by atoms with van der Waals surface area (Å²) in [6.45, 7) is 3.92. The van der Waals surface area contributed by atoms with Crippen LogP contribution in [0.25, 0.3) is 0 Å². The summed E-state index contributed by atoms with van der Waals surface area (Å²) in [6.07, 6.45) is 0.477. The maximum atomic E-state index is 10.4. The van der Waals surface area contributed by atoms with Gasteiger partial charge in [-0.3, -0.25) is 4.79 Å². The van der Waals surface area contributed by atoms with Crippen molar-refractivity contribution in [3.8, 4) is 0 Å². The summed E-state index contributed by atoms with van der Waals surface area (Å²) in [5, 5.41) is 0. The molecule has 2 nitrogen and oxygen atoms in total. The second-order valence-electron chi connectivity index (χ2n) is 2.05. The highest BCUT2D eigenvalue weighted by Crippen LogP contribution is 2.02. The van der Waals surface area contributed by atoms with Gasteiger partial charge in [0.1, 0.15) is 0 Å². The molecule has 0 aromatic rings. The zero-order valence-electron chi connectivity index (χ0n) is 4.98. The molecule has 0 aliphatic carbocycles. The standard InChI is InChI=1S/C5H9BrO2/c1-4(2)3-5(7)8-6/h4H,3H2,1-2H3. The van der Waals surface area contributed by atoms with Crippen LogP contribution in [0, 0.1) is 5.92 Å². The molecular weight excluding hydrogens is 172 g/mol. The van der Waals surface area contributed by atoms with Gasteiger partial charge in [0.05, 0.1) is 0 Å². The van der Waals surface area contributed by atoms with E-state index >= 15 is 0 Å². The molecule has 0 rings (SSSR count). The fourth-order valence-electron chi connectivity index (χ4n) is 0.365. The predicted octanol–water partition coefficient (Wildman–Crippen LogP) is 1.89. The number of hydrogen-bond acceptors (Lipinski definition) is 2. The number of rotatable bonds is 2. The molecule has 0 atom stereocenters. The second-order valence-corrected chi connectivity index (χ2v) is 2.37. The quantitative estimate of drug-likeness (QED) is 0.650. The van der Waals surface area contributed by atoms with Gasteiger partial charge < -0.3 is 3.83 Å². The predicted molar refractivity (Wildman–Crippen MR) is 34.5 cm³/mol. The first kappa shape index (κ1) is 7.95. The van der Waals surface area contributed by atoms with Crippen molar-refractivity contribution in [2.24, 2.45) is 5.92 Å². The van der Waals surface area contributed by atoms with Gasteiger partial charge in [-0.05, 0) is 5.92 Å². The van der Waals surface area contributed by atoms with Gasteiger partial charge >= 0.3 is 5.97 Å². The van der Waals surface area contributed by atoms with Crippen LogP contribution in [0.4, 0.5) is 0 Å². The largest absolute Gasteiger partial charge is 0.384 e. The van der Waals surface area contributed by atoms with Crippen molar-refractivity contribution >= 4 is 22.2 Å². The van der Waals surface area contributed by atoms with E-state index in [1.54, 1.807) is 0 Å². The zero-order valence-corrected chi connectivity index (χ0v) is 6.56. The smallest absolute Gasteiger partial charge is 0.317 e. The minimum absolute atomic E-state index is 0.208. The first-order valence-corrected chi connectivity index (χ1v) is 3.13. The van der Waals surface area contributed by atoms with E-state index in [1.807, 2.05) is 13.8 Å². The minimum Gasteiger partial charge on any atom is -0.384 e. The van der Waals surface area contributed by atoms with E-state index in [4.69, 9.17) is 0 Å². The molecule has 48 valence electrons. The van der Waals surface area contributed by atoms with Gasteiger partial charge in [-0.2, -0.15) is 0 Å². The third-order valence-electron chi connectivity index (χ3n) is 0.661. The Balaban J connectivity index is 3.25. The normalized spacial score (nSPS) is 9.50. The molecule has 0 amide bonds. The molecule has 0 fully saturated rings. The second kappa shape index (κ2) is 3.89. The minimum atomic E-state index is -0.208. The first-order valence-electron chi connectivity index (χ1n) is 2.48. The van der Waals surface area contributed by atoms with Crippen LogP contribution in [0.1, 0.15) is 20.3 Å². The van der Waals surface area contributed by atoms with E-state index in [0.717, 1.165) is 0 Å². The van der Waals surface area contributed by atoms with Crippen LogP contribution in [0.2, 0.25) is 0 Å². The van der Waals surface area contributed by atoms with Gasteiger partial charge in [0.25, 0.3) is 0 Å². The average molecular weight is 181 g/mol. The topological polar surface area (TPSA) is 26.3 Å². The lowest BCUT2D eigenvalue weighted by Crippen LogP contribution is -2.00. The lowest BCUT2D eigenvalue weighted by molar-refractivity contribution is -0.133. The van der Waals surface area contributed by atoms with E-state index in [0.29, 0.717) is 12.3 Å². The summed E-state index contributed by atoms with van der Waals surface area (Å²) < 4.78 is 4.23. The lowest BCUT2D eigenvalue weighted by Gasteiger charge is -1.97. The highest BCUT2D eigenvalue weighted by Gasteiger charge is 2.02. The van der Waals surface area contributed by atoms with Gasteiger partial charge in [-0.1, -0.05) is 13.8 Å². The summed E-state index contributed by atoms with van der Waals surface area (Å²) in [4.78, 5) is 10.4. The van der Waals surface area contributed by atoms with E-state index in [2.05, 4.69) is 20.1 Å². The van der Waals surface area contributed by atoms with Gasteiger partial charge in [-0.25, -0.2) is 0 Å². The first-order chi connectivity index (χ1) is 3.66. The highest BCUT2D eigenvalue weighted by molar-refractivity contribution is 9.06. The Labute approximate surface area is 57.7 Å². The van der Waals surface area contributed by atoms with Gasteiger partial charge in [0.2, 0.25) is 0 Å². The Morgan fingerprint density at radius 3 is 2.38 bits per heavy atom. The molecule has 0 unspecified atom stereocenters. The maximum Gasteiger partial charge on any atom is 0.317 e. The summed E-state index contributed by atoms with van der Waals surface area (Å²) in [5.74, 6) is 0.167. The molecule has 0 aromatic carbocycles. The van der Waals surface area contributed by atoms with E-state index < -0.39 is 0 Å². The Hall–Kier alpha value is -0.0500. The van der Waals surface area contributed by atoms with Gasteiger partial charge in [0, 0.05) is 6.42 Å². The van der Waals surface area contributed by atoms with Crippen molar-refractivity contribution in [1.82, 2.24) is 0 Å². The van der Waals surface area contributed by atoms with Crippen LogP contribution < -0.4 is 0 Å². The van der Waals surface area contributed by atoms with E-state index in [9.17, 15) is 4.79 Å². The Morgan fingerprint density at radius 2 is 2.25 bits per heavy atom. The molecular formula is C5H9BrO2. The fourth-order valence-corrected chi connectivity index (χ4v) is 0.497.